The molecule has 4 heterocycles. The first kappa shape index (κ1) is 56.3. The Morgan fingerprint density at radius 2 is 1.10 bits per heavy atom. The normalized spacial score (nSPS) is 14.2. The fraction of sp³-hybridized carbons (Fsp3) is 0.481. The van der Waals surface area contributed by atoms with E-state index in [1.165, 1.54) is 0 Å². The summed E-state index contributed by atoms with van der Waals surface area (Å²) in [5.41, 5.74) is 7.08. The molecule has 0 aliphatic heterocycles. The number of carbonyl (C=O) groups is 4. The van der Waals surface area contributed by atoms with Crippen LogP contribution >= 0.6 is 45.9 Å². The number of Topliss-reactive ketones (excluding diaryl/α,β-unsaturated/α-hetero) is 2. The van der Waals surface area contributed by atoms with Crippen LogP contribution in [0.25, 0.3) is 21.3 Å². The Labute approximate surface area is 456 Å². The second kappa shape index (κ2) is 25.8. The van der Waals surface area contributed by atoms with Gasteiger partial charge in [-0.2, -0.15) is 0 Å². The maximum absolute atomic E-state index is 13.1. The summed E-state index contributed by atoms with van der Waals surface area (Å²) in [7, 11) is 0. The molecule has 0 spiro atoms. The van der Waals surface area contributed by atoms with Gasteiger partial charge in [-0.1, -0.05) is 85.5 Å². The summed E-state index contributed by atoms with van der Waals surface area (Å²) in [6.45, 7) is 12.5. The first-order valence-corrected chi connectivity index (χ1v) is 26.6. The maximum Gasteiger partial charge on any atom is 1.00 e. The van der Waals surface area contributed by atoms with E-state index in [0.29, 0.717) is 51.6 Å². The molecular weight excluding hydrogens is 991 g/mol. The number of hydrogen-bond donors (Lipinski definition) is 1. The summed E-state index contributed by atoms with van der Waals surface area (Å²) in [6, 6.07) is 11.3. The van der Waals surface area contributed by atoms with Crippen molar-refractivity contribution in [1.82, 2.24) is 20.3 Å². The van der Waals surface area contributed by atoms with Gasteiger partial charge in [0.25, 0.3) is 0 Å². The number of thiazole rings is 2. The minimum atomic E-state index is -1.14. The third-order valence-corrected chi connectivity index (χ3v) is 15.3. The molecule has 2 aliphatic carbocycles. The van der Waals surface area contributed by atoms with Crippen molar-refractivity contribution in [1.29, 1.82) is 0 Å². The number of benzene rings is 2. The molecule has 17 heteroatoms. The standard InChI is InChI=1S/2C27H31ClN2O4S.Na/c2*1-15(2)10-23-29-14-22(35-23)27-25(17-6-7-17)26(30-34-27)19(8-9-24(32)33)13-20(31)12-18-5-4-16(3)11-21(18)28;/h2*4-5,11,14-15,17,19H,6-10,12-13H2,1-3H3,(H,32,33);/q;;+1/p-1/t2*19-;/m00./s1. The number of carboxylic acid groups (broad SMARTS) is 2. The summed E-state index contributed by atoms with van der Waals surface area (Å²) < 4.78 is 11.7. The molecule has 0 amide bonds. The van der Waals surface area contributed by atoms with Gasteiger partial charge in [0.2, 0.25) is 0 Å². The van der Waals surface area contributed by atoms with E-state index in [2.05, 4.69) is 48.0 Å². The van der Waals surface area contributed by atoms with Crippen LogP contribution in [0.3, 0.4) is 0 Å². The zero-order valence-electron chi connectivity index (χ0n) is 41.6. The molecule has 4 aromatic heterocycles. The molecule has 2 aliphatic rings. The Balaban J connectivity index is 0.000000229. The molecule has 2 atom stereocenters. The van der Waals surface area contributed by atoms with Gasteiger partial charge in [0, 0.05) is 96.3 Å². The van der Waals surface area contributed by atoms with Gasteiger partial charge in [0.15, 0.2) is 11.5 Å². The Morgan fingerprint density at radius 1 is 0.690 bits per heavy atom. The van der Waals surface area contributed by atoms with Crippen LogP contribution in [0.4, 0.5) is 0 Å². The van der Waals surface area contributed by atoms with E-state index in [0.717, 1.165) is 103 Å². The summed E-state index contributed by atoms with van der Waals surface area (Å²) in [6.07, 6.45) is 10.8. The Hall–Kier alpha value is -4.02. The molecule has 6 aromatic rings. The fourth-order valence-electron chi connectivity index (χ4n) is 8.79. The van der Waals surface area contributed by atoms with E-state index in [1.54, 1.807) is 22.7 Å². The Morgan fingerprint density at radius 3 is 1.45 bits per heavy atom. The number of halogens is 2. The number of rotatable bonds is 24. The van der Waals surface area contributed by atoms with Gasteiger partial charge in [-0.15, -0.1) is 22.7 Å². The number of ketones is 2. The molecule has 8 rings (SSSR count). The van der Waals surface area contributed by atoms with E-state index < -0.39 is 11.9 Å². The van der Waals surface area contributed by atoms with Gasteiger partial charge < -0.3 is 24.1 Å². The quantitative estimate of drug-likeness (QED) is 0.0566. The zero-order valence-corrected chi connectivity index (χ0v) is 46.8. The molecular formula is C54H61Cl2N4NaO8S2. The van der Waals surface area contributed by atoms with E-state index in [1.807, 2.05) is 62.6 Å². The first-order valence-electron chi connectivity index (χ1n) is 24.3. The number of carboxylic acids is 2. The minimum Gasteiger partial charge on any atom is -0.550 e. The average molecular weight is 1050 g/mol. The average Bonchev–Trinajstić information content (AvgIpc) is 4.09. The molecule has 0 bridgehead atoms. The Kier molecular flexibility index (Phi) is 20.4. The minimum absolute atomic E-state index is 0. The number of carbonyl (C=O) groups excluding carboxylic acids is 3. The van der Waals surface area contributed by atoms with Crippen LogP contribution in [0.2, 0.25) is 10.0 Å². The molecule has 372 valence electrons. The fourth-order valence-corrected chi connectivity index (χ4v) is 11.6. The van der Waals surface area contributed by atoms with E-state index >= 15 is 0 Å². The predicted molar refractivity (Wildman–Crippen MR) is 272 cm³/mol. The molecule has 2 saturated carbocycles. The van der Waals surface area contributed by atoms with Crippen molar-refractivity contribution in [2.24, 2.45) is 11.8 Å². The molecule has 2 fully saturated rings. The summed E-state index contributed by atoms with van der Waals surface area (Å²) in [5, 5.41) is 32.7. The van der Waals surface area contributed by atoms with Crippen molar-refractivity contribution in [3.63, 3.8) is 0 Å². The number of nitrogens with zero attached hydrogens (tertiary/aromatic N) is 4. The van der Waals surface area contributed by atoms with Gasteiger partial charge in [0.1, 0.15) is 11.6 Å². The number of aliphatic carboxylic acids is 2. The van der Waals surface area contributed by atoms with Crippen LogP contribution in [0.5, 0.6) is 0 Å². The smallest absolute Gasteiger partial charge is 0.550 e. The Bertz CT molecular complexity index is 2620. The monoisotopic (exact) mass is 1050 g/mol. The van der Waals surface area contributed by atoms with Crippen LogP contribution < -0.4 is 34.7 Å². The molecule has 1 N–H and O–H groups in total. The second-order valence-electron chi connectivity index (χ2n) is 19.9. The summed E-state index contributed by atoms with van der Waals surface area (Å²) in [4.78, 5) is 59.8. The van der Waals surface area contributed by atoms with Crippen LogP contribution in [-0.2, 0) is 44.9 Å². The van der Waals surface area contributed by atoms with Gasteiger partial charge in [-0.25, -0.2) is 9.97 Å². The SMILES string of the molecule is Cc1ccc(CC(=O)C[C@H](CCC(=O)O)c2noc(-c3cnc(CC(C)C)s3)c2C2CC2)c(Cl)c1.Cc1ccc(CC(=O)C[C@H](CCC(=O)[O-])c2noc(-c3cnc(CC(C)C)s3)c2C2CC2)c(Cl)c1.[Na+]. The number of aryl methyl sites for hydroxylation is 2. The maximum atomic E-state index is 13.1. The molecule has 2 aromatic carbocycles. The topological polar surface area (TPSA) is 189 Å². The van der Waals surface area contributed by atoms with E-state index in [-0.39, 0.29) is 97.9 Å². The molecule has 0 unspecified atom stereocenters. The zero-order chi connectivity index (χ0) is 50.2. The van der Waals surface area contributed by atoms with Gasteiger partial charge >= 0.3 is 35.5 Å². The first-order chi connectivity index (χ1) is 33.4. The van der Waals surface area contributed by atoms with Gasteiger partial charge in [-0.05, 0) is 117 Å². The third-order valence-electron chi connectivity index (χ3n) is 12.5. The summed E-state index contributed by atoms with van der Waals surface area (Å²) in [5.74, 6) is 0.385. The van der Waals surface area contributed by atoms with Crippen molar-refractivity contribution in [3.05, 3.63) is 114 Å². The summed E-state index contributed by atoms with van der Waals surface area (Å²) >= 11 is 15.9. The van der Waals surface area contributed by atoms with Crippen molar-refractivity contribution >= 4 is 69.4 Å². The molecule has 71 heavy (non-hydrogen) atoms. The van der Waals surface area contributed by atoms with E-state index in [4.69, 9.17) is 32.2 Å². The molecule has 12 nitrogen and oxygen atoms in total. The van der Waals surface area contributed by atoms with Crippen molar-refractivity contribution in [3.8, 4) is 21.3 Å². The van der Waals surface area contributed by atoms with Crippen LogP contribution in [0, 0.1) is 25.7 Å². The van der Waals surface area contributed by atoms with Gasteiger partial charge in [-0.3, -0.25) is 14.4 Å². The third kappa shape index (κ3) is 16.0. The largest absolute Gasteiger partial charge is 1.00 e. The van der Waals surface area contributed by atoms with Crippen LogP contribution in [0.1, 0.15) is 170 Å². The van der Waals surface area contributed by atoms with Crippen LogP contribution in [-0.4, -0.2) is 48.9 Å². The molecule has 0 radical (unpaired) electrons. The van der Waals surface area contributed by atoms with Crippen molar-refractivity contribution in [2.45, 2.75) is 155 Å². The van der Waals surface area contributed by atoms with Crippen LogP contribution in [0.15, 0.2) is 57.8 Å². The van der Waals surface area contributed by atoms with Crippen molar-refractivity contribution < 1.29 is 68.0 Å². The number of aromatic nitrogens is 4. The second-order valence-corrected chi connectivity index (χ2v) is 22.9. The van der Waals surface area contributed by atoms with Crippen molar-refractivity contribution in [2.75, 3.05) is 0 Å². The van der Waals surface area contributed by atoms with Gasteiger partial charge in [0.05, 0.1) is 31.2 Å². The predicted octanol–water partition coefficient (Wildman–Crippen LogP) is 9.64. The van der Waals surface area contributed by atoms with E-state index in [9.17, 15) is 29.4 Å². The number of hydrogen-bond acceptors (Lipinski definition) is 13. The molecule has 0 saturated heterocycles.